The van der Waals surface area contributed by atoms with Gasteiger partial charge in [-0.15, -0.1) is 0 Å². The Morgan fingerprint density at radius 3 is 2.24 bits per heavy atom. The molecule has 2 fully saturated rings. The van der Waals surface area contributed by atoms with Gasteiger partial charge in [-0.3, -0.25) is 9.59 Å². The summed E-state index contributed by atoms with van der Waals surface area (Å²) < 4.78 is 0. The number of hydrogen-bond acceptors (Lipinski definition) is 2. The SMILES string of the molecule is CCCCCNC(=O)C1CCC(C(=O)N2CCC(Cc3ccccc3)CC2)CC1. The van der Waals surface area contributed by atoms with Crippen LogP contribution >= 0.6 is 0 Å². The standard InChI is InChI=1S/C25H38N2O2/c1-2-3-7-16-26-24(28)22-10-12-23(13-11-22)25(29)27-17-14-21(15-18-27)19-20-8-5-4-6-9-20/h4-6,8-9,21-23H,2-3,7,10-19H2,1H3,(H,26,28). The van der Waals surface area contributed by atoms with Crippen LogP contribution in [0.2, 0.25) is 0 Å². The highest BCUT2D eigenvalue weighted by Crippen LogP contribution is 2.31. The Morgan fingerprint density at radius 2 is 1.59 bits per heavy atom. The lowest BCUT2D eigenvalue weighted by atomic mass is 9.80. The summed E-state index contributed by atoms with van der Waals surface area (Å²) in [6.45, 7) is 4.76. The topological polar surface area (TPSA) is 49.4 Å². The van der Waals surface area contributed by atoms with Crippen molar-refractivity contribution in [2.45, 2.75) is 71.1 Å². The molecule has 4 heteroatoms. The predicted octanol–water partition coefficient (Wildman–Crippen LogP) is 4.58. The molecule has 0 aromatic heterocycles. The number of rotatable bonds is 8. The summed E-state index contributed by atoms with van der Waals surface area (Å²) in [7, 11) is 0. The maximum absolute atomic E-state index is 13.0. The van der Waals surface area contributed by atoms with Gasteiger partial charge in [-0.1, -0.05) is 50.1 Å². The normalized spacial score (nSPS) is 23.0. The van der Waals surface area contributed by atoms with Gasteiger partial charge in [0.1, 0.15) is 0 Å². The maximum atomic E-state index is 13.0. The third-order valence-corrected chi connectivity index (χ3v) is 6.82. The first kappa shape index (κ1) is 21.9. The lowest BCUT2D eigenvalue weighted by Crippen LogP contribution is -2.43. The number of nitrogens with zero attached hydrogens (tertiary/aromatic N) is 1. The van der Waals surface area contributed by atoms with Crippen molar-refractivity contribution in [1.29, 1.82) is 0 Å². The van der Waals surface area contributed by atoms with Crippen LogP contribution in [0.15, 0.2) is 30.3 Å². The van der Waals surface area contributed by atoms with Gasteiger partial charge in [0.25, 0.3) is 0 Å². The average molecular weight is 399 g/mol. The molecular formula is C25H38N2O2. The van der Waals surface area contributed by atoms with Gasteiger partial charge in [0.15, 0.2) is 0 Å². The van der Waals surface area contributed by atoms with Crippen molar-refractivity contribution in [2.75, 3.05) is 19.6 Å². The molecule has 160 valence electrons. The number of unbranched alkanes of at least 4 members (excludes halogenated alkanes) is 2. The number of piperidine rings is 1. The summed E-state index contributed by atoms with van der Waals surface area (Å²) in [5.41, 5.74) is 1.41. The lowest BCUT2D eigenvalue weighted by Gasteiger charge is -2.36. The second-order valence-corrected chi connectivity index (χ2v) is 9.01. The summed E-state index contributed by atoms with van der Waals surface area (Å²) in [6.07, 6.45) is 10.2. The minimum absolute atomic E-state index is 0.109. The molecule has 1 N–H and O–H groups in total. The largest absolute Gasteiger partial charge is 0.356 e. The minimum Gasteiger partial charge on any atom is -0.356 e. The number of carbonyl (C=O) groups is 2. The van der Waals surface area contributed by atoms with Crippen LogP contribution in [0.5, 0.6) is 0 Å². The molecule has 1 aromatic rings. The van der Waals surface area contributed by atoms with Gasteiger partial charge in [0.05, 0.1) is 0 Å². The molecule has 1 aromatic carbocycles. The van der Waals surface area contributed by atoms with E-state index in [1.165, 1.54) is 18.4 Å². The zero-order valence-corrected chi connectivity index (χ0v) is 18.1. The van der Waals surface area contributed by atoms with E-state index in [1.54, 1.807) is 0 Å². The molecule has 2 amide bonds. The molecule has 4 nitrogen and oxygen atoms in total. The Kier molecular flexibility index (Phi) is 8.57. The van der Waals surface area contributed by atoms with Crippen LogP contribution in [0.25, 0.3) is 0 Å². The number of nitrogens with one attached hydrogen (secondary N) is 1. The Balaban J connectivity index is 1.36. The highest BCUT2D eigenvalue weighted by atomic mass is 16.2. The summed E-state index contributed by atoms with van der Waals surface area (Å²) >= 11 is 0. The van der Waals surface area contributed by atoms with Crippen molar-refractivity contribution >= 4 is 11.8 Å². The maximum Gasteiger partial charge on any atom is 0.225 e. The van der Waals surface area contributed by atoms with Gasteiger partial charge >= 0.3 is 0 Å². The van der Waals surface area contributed by atoms with Crippen LogP contribution in [-0.4, -0.2) is 36.3 Å². The van der Waals surface area contributed by atoms with E-state index in [0.29, 0.717) is 11.8 Å². The molecule has 29 heavy (non-hydrogen) atoms. The molecule has 1 aliphatic carbocycles. The number of benzene rings is 1. The molecule has 0 radical (unpaired) electrons. The number of carbonyl (C=O) groups excluding carboxylic acids is 2. The van der Waals surface area contributed by atoms with Crippen LogP contribution in [0, 0.1) is 17.8 Å². The monoisotopic (exact) mass is 398 g/mol. The van der Waals surface area contributed by atoms with Crippen LogP contribution < -0.4 is 5.32 Å². The van der Waals surface area contributed by atoms with E-state index < -0.39 is 0 Å². The second-order valence-electron chi connectivity index (χ2n) is 9.01. The fourth-order valence-electron chi connectivity index (χ4n) is 4.90. The first-order valence-corrected chi connectivity index (χ1v) is 11.8. The molecule has 1 saturated carbocycles. The quantitative estimate of drug-likeness (QED) is 0.652. The van der Waals surface area contributed by atoms with Gasteiger partial charge in [-0.2, -0.15) is 0 Å². The molecule has 3 rings (SSSR count). The van der Waals surface area contributed by atoms with Gasteiger partial charge in [-0.05, 0) is 62.8 Å². The molecule has 2 aliphatic rings. The zero-order valence-electron chi connectivity index (χ0n) is 18.1. The van der Waals surface area contributed by atoms with Crippen LogP contribution in [0.3, 0.4) is 0 Å². The van der Waals surface area contributed by atoms with E-state index in [2.05, 4.69) is 47.5 Å². The summed E-state index contributed by atoms with van der Waals surface area (Å²) in [5, 5.41) is 3.09. The van der Waals surface area contributed by atoms with Crippen LogP contribution in [-0.2, 0) is 16.0 Å². The molecule has 1 heterocycles. The van der Waals surface area contributed by atoms with Crippen molar-refractivity contribution in [3.8, 4) is 0 Å². The lowest BCUT2D eigenvalue weighted by molar-refractivity contribution is -0.139. The molecule has 0 spiro atoms. The third kappa shape index (κ3) is 6.58. The summed E-state index contributed by atoms with van der Waals surface area (Å²) in [6, 6.07) is 10.7. The minimum atomic E-state index is 0.109. The van der Waals surface area contributed by atoms with Gasteiger partial charge < -0.3 is 10.2 Å². The van der Waals surface area contributed by atoms with E-state index >= 15 is 0 Å². The molecule has 0 unspecified atom stereocenters. The van der Waals surface area contributed by atoms with Crippen molar-refractivity contribution < 1.29 is 9.59 Å². The van der Waals surface area contributed by atoms with Crippen molar-refractivity contribution in [1.82, 2.24) is 10.2 Å². The van der Waals surface area contributed by atoms with E-state index in [0.717, 1.165) is 71.0 Å². The smallest absolute Gasteiger partial charge is 0.225 e. The Labute approximate surface area is 176 Å². The molecular weight excluding hydrogens is 360 g/mol. The Morgan fingerprint density at radius 1 is 0.931 bits per heavy atom. The van der Waals surface area contributed by atoms with Crippen LogP contribution in [0.1, 0.15) is 70.3 Å². The first-order chi connectivity index (χ1) is 14.2. The summed E-state index contributed by atoms with van der Waals surface area (Å²) in [4.78, 5) is 27.4. The molecule has 0 atom stereocenters. The number of amides is 2. The number of likely N-dealkylation sites (tertiary alicyclic amines) is 1. The molecule has 1 saturated heterocycles. The highest BCUT2D eigenvalue weighted by molar-refractivity contribution is 5.81. The van der Waals surface area contributed by atoms with Crippen molar-refractivity contribution in [3.05, 3.63) is 35.9 Å². The van der Waals surface area contributed by atoms with Gasteiger partial charge in [-0.25, -0.2) is 0 Å². The number of hydrogen-bond donors (Lipinski definition) is 1. The zero-order chi connectivity index (χ0) is 20.5. The second kappa shape index (κ2) is 11.4. The van der Waals surface area contributed by atoms with Gasteiger partial charge in [0.2, 0.25) is 11.8 Å². The van der Waals surface area contributed by atoms with Crippen molar-refractivity contribution in [3.63, 3.8) is 0 Å². The highest BCUT2D eigenvalue weighted by Gasteiger charge is 2.33. The van der Waals surface area contributed by atoms with E-state index in [-0.39, 0.29) is 17.7 Å². The van der Waals surface area contributed by atoms with E-state index in [4.69, 9.17) is 0 Å². The summed E-state index contributed by atoms with van der Waals surface area (Å²) in [5.74, 6) is 1.47. The predicted molar refractivity (Wildman–Crippen MR) is 117 cm³/mol. The third-order valence-electron chi connectivity index (χ3n) is 6.82. The Hall–Kier alpha value is -1.84. The fraction of sp³-hybridized carbons (Fsp3) is 0.680. The van der Waals surface area contributed by atoms with Crippen LogP contribution in [0.4, 0.5) is 0 Å². The fourth-order valence-corrected chi connectivity index (χ4v) is 4.90. The first-order valence-electron chi connectivity index (χ1n) is 11.8. The molecule has 0 bridgehead atoms. The average Bonchev–Trinajstić information content (AvgIpc) is 2.77. The van der Waals surface area contributed by atoms with Crippen molar-refractivity contribution in [2.24, 2.45) is 17.8 Å². The van der Waals surface area contributed by atoms with E-state index in [9.17, 15) is 9.59 Å². The Bertz CT molecular complexity index is 629. The van der Waals surface area contributed by atoms with E-state index in [1.807, 2.05) is 0 Å². The molecule has 1 aliphatic heterocycles. The van der Waals surface area contributed by atoms with Gasteiger partial charge in [0, 0.05) is 31.5 Å².